The largest absolute Gasteiger partial charge is 0.356 e. The molecule has 2 rings (SSSR count). The minimum Gasteiger partial charge on any atom is -0.356 e. The Balaban J connectivity index is 1.92. The van der Waals surface area contributed by atoms with Crippen LogP contribution in [0, 0.1) is 0 Å². The number of nitrogens with one attached hydrogen (secondary N) is 1. The second-order valence-corrected chi connectivity index (χ2v) is 5.38. The van der Waals surface area contributed by atoms with Crippen LogP contribution in [0.1, 0.15) is 45.1 Å². The summed E-state index contributed by atoms with van der Waals surface area (Å²) >= 11 is 1.41. The molecule has 1 aromatic heterocycles. The summed E-state index contributed by atoms with van der Waals surface area (Å²) in [4.78, 5) is 11.4. The van der Waals surface area contributed by atoms with Crippen molar-refractivity contribution in [3.05, 3.63) is 0 Å². The molecule has 0 spiro atoms. The fourth-order valence-corrected chi connectivity index (χ4v) is 2.99. The van der Waals surface area contributed by atoms with E-state index in [4.69, 9.17) is 0 Å². The lowest BCUT2D eigenvalue weighted by molar-refractivity contribution is -0.118. The SMILES string of the molecule is CCNC(=O)CSc1nnnn1C1CCCCC1. The highest BCUT2D eigenvalue weighted by molar-refractivity contribution is 7.99. The van der Waals surface area contributed by atoms with E-state index in [1.165, 1.54) is 31.0 Å². The Morgan fingerprint density at radius 3 is 2.94 bits per heavy atom. The molecule has 0 aromatic carbocycles. The predicted molar refractivity (Wildman–Crippen MR) is 69.3 cm³/mol. The van der Waals surface area contributed by atoms with Crippen molar-refractivity contribution >= 4 is 17.7 Å². The molecular weight excluding hydrogens is 250 g/mol. The number of rotatable bonds is 5. The van der Waals surface area contributed by atoms with Gasteiger partial charge in [-0.1, -0.05) is 31.0 Å². The van der Waals surface area contributed by atoms with Gasteiger partial charge in [-0.25, -0.2) is 4.68 Å². The maximum atomic E-state index is 11.4. The Bertz CT molecular complexity index is 389. The van der Waals surface area contributed by atoms with E-state index in [2.05, 4.69) is 20.8 Å². The highest BCUT2D eigenvalue weighted by atomic mass is 32.2. The normalized spacial score (nSPS) is 16.7. The topological polar surface area (TPSA) is 72.7 Å². The summed E-state index contributed by atoms with van der Waals surface area (Å²) in [6.07, 6.45) is 6.06. The highest BCUT2D eigenvalue weighted by Gasteiger charge is 2.20. The van der Waals surface area contributed by atoms with Gasteiger partial charge in [-0.2, -0.15) is 0 Å². The number of thioether (sulfide) groups is 1. The summed E-state index contributed by atoms with van der Waals surface area (Å²) in [6, 6.07) is 0.408. The first-order chi connectivity index (χ1) is 8.81. The molecule has 0 radical (unpaired) electrons. The predicted octanol–water partition coefficient (Wildman–Crippen LogP) is 1.41. The molecule has 1 heterocycles. The minimum absolute atomic E-state index is 0.0284. The van der Waals surface area contributed by atoms with Crippen LogP contribution in [0.2, 0.25) is 0 Å². The molecule has 6 nitrogen and oxygen atoms in total. The van der Waals surface area contributed by atoms with E-state index in [9.17, 15) is 4.79 Å². The maximum absolute atomic E-state index is 11.4. The zero-order valence-electron chi connectivity index (χ0n) is 10.6. The first-order valence-corrected chi connectivity index (χ1v) is 7.47. The molecule has 18 heavy (non-hydrogen) atoms. The van der Waals surface area contributed by atoms with Crippen molar-refractivity contribution in [2.45, 2.75) is 50.2 Å². The van der Waals surface area contributed by atoms with Crippen LogP contribution in [0.25, 0.3) is 0 Å². The quantitative estimate of drug-likeness (QED) is 0.818. The maximum Gasteiger partial charge on any atom is 0.230 e. The average Bonchev–Trinajstić information content (AvgIpc) is 2.86. The third-order valence-corrected chi connectivity index (χ3v) is 4.02. The summed E-state index contributed by atoms with van der Waals surface area (Å²) in [6.45, 7) is 2.57. The van der Waals surface area contributed by atoms with Gasteiger partial charge in [0.25, 0.3) is 0 Å². The zero-order valence-corrected chi connectivity index (χ0v) is 11.4. The molecule has 7 heteroatoms. The molecule has 0 unspecified atom stereocenters. The van der Waals surface area contributed by atoms with Crippen LogP contribution < -0.4 is 5.32 Å². The van der Waals surface area contributed by atoms with Crippen molar-refractivity contribution in [3.8, 4) is 0 Å². The number of hydrogen-bond donors (Lipinski definition) is 1. The lowest BCUT2D eigenvalue weighted by Gasteiger charge is -2.21. The summed E-state index contributed by atoms with van der Waals surface area (Å²) in [5.41, 5.74) is 0. The Morgan fingerprint density at radius 1 is 1.44 bits per heavy atom. The molecule has 1 N–H and O–H groups in total. The van der Waals surface area contributed by atoms with Gasteiger partial charge in [0.1, 0.15) is 0 Å². The number of carbonyl (C=O) groups is 1. The van der Waals surface area contributed by atoms with Gasteiger partial charge < -0.3 is 5.32 Å². The summed E-state index contributed by atoms with van der Waals surface area (Å²) in [5.74, 6) is 0.404. The monoisotopic (exact) mass is 269 g/mol. The molecule has 1 aromatic rings. The van der Waals surface area contributed by atoms with Crippen LogP contribution in [-0.4, -0.2) is 38.4 Å². The van der Waals surface area contributed by atoms with Gasteiger partial charge in [-0.3, -0.25) is 4.79 Å². The lowest BCUT2D eigenvalue weighted by Crippen LogP contribution is -2.24. The average molecular weight is 269 g/mol. The van der Waals surface area contributed by atoms with E-state index < -0.39 is 0 Å². The number of nitrogens with zero attached hydrogens (tertiary/aromatic N) is 4. The smallest absolute Gasteiger partial charge is 0.230 e. The number of hydrogen-bond acceptors (Lipinski definition) is 5. The van der Waals surface area contributed by atoms with Crippen molar-refractivity contribution in [2.24, 2.45) is 0 Å². The molecule has 0 saturated heterocycles. The highest BCUT2D eigenvalue weighted by Crippen LogP contribution is 2.29. The van der Waals surface area contributed by atoms with Crippen molar-refractivity contribution in [1.82, 2.24) is 25.5 Å². The van der Waals surface area contributed by atoms with Crippen LogP contribution in [0.5, 0.6) is 0 Å². The molecule has 1 saturated carbocycles. The lowest BCUT2D eigenvalue weighted by atomic mass is 9.96. The number of tetrazole rings is 1. The second kappa shape index (κ2) is 6.72. The van der Waals surface area contributed by atoms with Crippen molar-refractivity contribution in [1.29, 1.82) is 0 Å². The Hall–Kier alpha value is -1.11. The van der Waals surface area contributed by atoms with E-state index in [0.717, 1.165) is 18.0 Å². The van der Waals surface area contributed by atoms with Crippen molar-refractivity contribution in [3.63, 3.8) is 0 Å². The van der Waals surface area contributed by atoms with Crippen molar-refractivity contribution < 1.29 is 4.79 Å². The van der Waals surface area contributed by atoms with E-state index >= 15 is 0 Å². The Morgan fingerprint density at radius 2 is 2.22 bits per heavy atom. The first-order valence-electron chi connectivity index (χ1n) is 6.48. The van der Waals surface area contributed by atoms with E-state index in [1.807, 2.05) is 11.6 Å². The third-order valence-electron chi connectivity index (χ3n) is 3.09. The van der Waals surface area contributed by atoms with Gasteiger partial charge >= 0.3 is 0 Å². The fraction of sp³-hybridized carbons (Fsp3) is 0.818. The van der Waals surface area contributed by atoms with Gasteiger partial charge in [0.2, 0.25) is 11.1 Å². The summed E-state index contributed by atoms with van der Waals surface area (Å²) < 4.78 is 1.89. The van der Waals surface area contributed by atoms with E-state index in [1.54, 1.807) is 0 Å². The molecule has 1 aliphatic carbocycles. The first kappa shape index (κ1) is 13.3. The molecule has 0 bridgehead atoms. The molecule has 1 aliphatic rings. The molecule has 1 fully saturated rings. The van der Waals surface area contributed by atoms with Gasteiger partial charge in [0.15, 0.2) is 0 Å². The Kier molecular flexibility index (Phi) is 4.98. The minimum atomic E-state index is 0.0284. The zero-order chi connectivity index (χ0) is 12.8. The summed E-state index contributed by atoms with van der Waals surface area (Å²) in [7, 11) is 0. The van der Waals surface area contributed by atoms with Crippen LogP contribution in [0.3, 0.4) is 0 Å². The standard InChI is InChI=1S/C11H19N5OS/c1-2-12-10(17)8-18-11-13-14-15-16(11)9-6-4-3-5-7-9/h9H,2-8H2,1H3,(H,12,17). The molecule has 1 amide bonds. The van der Waals surface area contributed by atoms with Gasteiger partial charge in [-0.15, -0.1) is 5.10 Å². The molecule has 100 valence electrons. The van der Waals surface area contributed by atoms with E-state index in [-0.39, 0.29) is 5.91 Å². The van der Waals surface area contributed by atoms with Crippen molar-refractivity contribution in [2.75, 3.05) is 12.3 Å². The van der Waals surface area contributed by atoms with Gasteiger partial charge in [0, 0.05) is 6.54 Å². The Labute approximate surface area is 111 Å². The van der Waals surface area contributed by atoms with Crippen LogP contribution in [0.15, 0.2) is 5.16 Å². The molecule has 0 aliphatic heterocycles. The number of amides is 1. The van der Waals surface area contributed by atoms with Crippen LogP contribution in [0.4, 0.5) is 0 Å². The molecule has 0 atom stereocenters. The third kappa shape index (κ3) is 3.44. The summed E-state index contributed by atoms with van der Waals surface area (Å²) in [5, 5.41) is 15.3. The second-order valence-electron chi connectivity index (χ2n) is 4.44. The molecular formula is C11H19N5OS. The van der Waals surface area contributed by atoms with Crippen LogP contribution in [-0.2, 0) is 4.79 Å². The van der Waals surface area contributed by atoms with Gasteiger partial charge in [-0.05, 0) is 30.2 Å². The fourth-order valence-electron chi connectivity index (χ4n) is 2.21. The number of aromatic nitrogens is 4. The van der Waals surface area contributed by atoms with Gasteiger partial charge in [0.05, 0.1) is 11.8 Å². The number of carbonyl (C=O) groups excluding carboxylic acids is 1. The van der Waals surface area contributed by atoms with E-state index in [0.29, 0.717) is 18.3 Å². The van der Waals surface area contributed by atoms with Crippen LogP contribution >= 0.6 is 11.8 Å².